The molecule has 0 fully saturated rings. The summed E-state index contributed by atoms with van der Waals surface area (Å²) in [6, 6.07) is 4.25. The molecule has 1 amide bonds. The molecule has 106 valence electrons. The maximum Gasteiger partial charge on any atom is 0.253 e. The van der Waals surface area contributed by atoms with Crippen molar-refractivity contribution < 1.29 is 18.3 Å². The topological polar surface area (TPSA) is 122 Å². The number of hydrogen-bond acceptors (Lipinski definition) is 6. The zero-order chi connectivity index (χ0) is 14.8. The lowest BCUT2D eigenvalue weighted by Gasteiger charge is -2.03. The van der Waals surface area contributed by atoms with Crippen LogP contribution < -0.4 is 10.5 Å². The van der Waals surface area contributed by atoms with Crippen LogP contribution in [0.5, 0.6) is 5.75 Å². The highest BCUT2D eigenvalue weighted by Gasteiger charge is 2.12. The summed E-state index contributed by atoms with van der Waals surface area (Å²) in [7, 11) is -3.72. The first-order valence-corrected chi connectivity index (χ1v) is 7.76. The molecule has 0 aliphatic rings. The molecule has 9 heteroatoms. The fraction of sp³-hybridized carbons (Fsp3) is 0.0909. The molecule has 0 aliphatic carbocycles. The lowest BCUT2D eigenvalue weighted by atomic mass is 10.2. The molecule has 0 atom stereocenters. The lowest BCUT2D eigenvalue weighted by Crippen LogP contribution is -2.22. The first kappa shape index (κ1) is 14.4. The lowest BCUT2D eigenvalue weighted by molar-refractivity contribution is 0.0950. The Labute approximate surface area is 119 Å². The van der Waals surface area contributed by atoms with E-state index < -0.39 is 15.9 Å². The van der Waals surface area contributed by atoms with Crippen molar-refractivity contribution in [3.8, 4) is 5.75 Å². The van der Waals surface area contributed by atoms with Gasteiger partial charge in [0.2, 0.25) is 10.0 Å². The molecule has 2 aromatic heterocycles. The molecular weight excluding hydrogens is 302 g/mol. The van der Waals surface area contributed by atoms with Crippen LogP contribution in [0.4, 0.5) is 0 Å². The Kier molecular flexibility index (Phi) is 4.02. The zero-order valence-corrected chi connectivity index (χ0v) is 11.7. The first-order valence-electron chi connectivity index (χ1n) is 5.40. The molecule has 0 saturated heterocycles. The second-order valence-electron chi connectivity index (χ2n) is 3.88. The number of carbonyl (C=O) groups is 1. The van der Waals surface area contributed by atoms with Crippen LogP contribution in [-0.4, -0.2) is 24.4 Å². The molecule has 0 bridgehead atoms. The summed E-state index contributed by atoms with van der Waals surface area (Å²) in [5.41, 5.74) is 0.216. The van der Waals surface area contributed by atoms with Crippen molar-refractivity contribution >= 4 is 27.3 Å². The molecule has 0 aliphatic heterocycles. The average Bonchev–Trinajstić information content (AvgIpc) is 2.84. The molecule has 0 unspecified atom stereocenters. The number of sulfonamides is 1. The van der Waals surface area contributed by atoms with Crippen LogP contribution in [0.3, 0.4) is 0 Å². The largest absolute Gasteiger partial charge is 0.506 e. The molecule has 0 spiro atoms. The van der Waals surface area contributed by atoms with Crippen molar-refractivity contribution in [1.82, 2.24) is 10.3 Å². The van der Waals surface area contributed by atoms with Gasteiger partial charge in [-0.25, -0.2) is 13.6 Å². The molecule has 2 heterocycles. The summed E-state index contributed by atoms with van der Waals surface area (Å²) in [4.78, 5) is 16.1. The summed E-state index contributed by atoms with van der Waals surface area (Å²) in [5.74, 6) is -0.524. The Morgan fingerprint density at radius 1 is 1.40 bits per heavy atom. The number of aromatic nitrogens is 1. The third-order valence-electron chi connectivity index (χ3n) is 2.33. The summed E-state index contributed by atoms with van der Waals surface area (Å²) in [6.07, 6.45) is 2.54. The highest BCUT2D eigenvalue weighted by Crippen LogP contribution is 2.20. The zero-order valence-electron chi connectivity index (χ0n) is 10.1. The SMILES string of the molecule is NS(=O)(=O)c1ccc(CNC(=O)c2cncc(O)c2)s1. The van der Waals surface area contributed by atoms with Crippen LogP contribution in [0, 0.1) is 0 Å². The molecule has 4 N–H and O–H groups in total. The standard InChI is InChI=1S/C11H11N3O4S2/c12-20(17,18)10-2-1-9(19-10)6-14-11(16)7-3-8(15)5-13-4-7/h1-5,15H,6H2,(H,14,16)(H2,12,17,18). The van der Waals surface area contributed by atoms with Crippen LogP contribution in [0.1, 0.15) is 15.2 Å². The Morgan fingerprint density at radius 2 is 2.15 bits per heavy atom. The van der Waals surface area contributed by atoms with E-state index in [1.807, 2.05) is 0 Å². The fourth-order valence-electron chi connectivity index (χ4n) is 1.43. The highest BCUT2D eigenvalue weighted by atomic mass is 32.2. The van der Waals surface area contributed by atoms with Gasteiger partial charge in [0.25, 0.3) is 5.91 Å². The minimum absolute atomic E-state index is 0.0424. The minimum atomic E-state index is -3.72. The molecule has 20 heavy (non-hydrogen) atoms. The van der Waals surface area contributed by atoms with Crippen molar-refractivity contribution in [2.24, 2.45) is 5.14 Å². The summed E-state index contributed by atoms with van der Waals surface area (Å²) in [5, 5.41) is 16.8. The van der Waals surface area contributed by atoms with Gasteiger partial charge in [0.15, 0.2) is 0 Å². The number of carbonyl (C=O) groups excluding carboxylic acids is 1. The van der Waals surface area contributed by atoms with Gasteiger partial charge in [-0.15, -0.1) is 11.3 Å². The molecule has 0 radical (unpaired) electrons. The third kappa shape index (κ3) is 3.53. The van der Waals surface area contributed by atoms with E-state index in [1.54, 1.807) is 6.07 Å². The van der Waals surface area contributed by atoms with Crippen molar-refractivity contribution in [1.29, 1.82) is 0 Å². The number of nitrogens with one attached hydrogen (secondary N) is 1. The number of nitrogens with zero attached hydrogens (tertiary/aromatic N) is 1. The van der Waals surface area contributed by atoms with E-state index in [0.29, 0.717) is 4.88 Å². The molecule has 2 aromatic rings. The number of nitrogens with two attached hydrogens (primary N) is 1. The molecule has 7 nitrogen and oxygen atoms in total. The van der Waals surface area contributed by atoms with Gasteiger partial charge in [0.05, 0.1) is 18.3 Å². The smallest absolute Gasteiger partial charge is 0.253 e. The van der Waals surface area contributed by atoms with Crippen LogP contribution in [-0.2, 0) is 16.6 Å². The van der Waals surface area contributed by atoms with Gasteiger partial charge >= 0.3 is 0 Å². The van der Waals surface area contributed by atoms with E-state index >= 15 is 0 Å². The van der Waals surface area contributed by atoms with Gasteiger partial charge in [-0.1, -0.05) is 0 Å². The minimum Gasteiger partial charge on any atom is -0.506 e. The van der Waals surface area contributed by atoms with E-state index in [0.717, 1.165) is 11.3 Å². The molecular formula is C11H11N3O4S2. The predicted octanol–water partition coefficient (Wildman–Crippen LogP) is 0.426. The Morgan fingerprint density at radius 3 is 2.75 bits per heavy atom. The quantitative estimate of drug-likeness (QED) is 0.755. The van der Waals surface area contributed by atoms with Gasteiger partial charge in [-0.3, -0.25) is 9.78 Å². The Balaban J connectivity index is 2.02. The predicted molar refractivity (Wildman–Crippen MR) is 72.8 cm³/mol. The second kappa shape index (κ2) is 5.57. The van der Waals surface area contributed by atoms with E-state index in [4.69, 9.17) is 5.14 Å². The maximum absolute atomic E-state index is 11.8. The summed E-state index contributed by atoms with van der Waals surface area (Å²) >= 11 is 0.987. The molecule has 2 rings (SSSR count). The number of pyridine rings is 1. The van der Waals surface area contributed by atoms with Crippen molar-refractivity contribution in [2.75, 3.05) is 0 Å². The number of rotatable bonds is 4. The number of aromatic hydroxyl groups is 1. The van der Waals surface area contributed by atoms with Crippen LogP contribution in [0.15, 0.2) is 34.8 Å². The van der Waals surface area contributed by atoms with Crippen LogP contribution >= 0.6 is 11.3 Å². The number of amides is 1. The summed E-state index contributed by atoms with van der Waals surface area (Å²) < 4.78 is 22.3. The average molecular weight is 313 g/mol. The van der Waals surface area contributed by atoms with Gasteiger partial charge in [-0.05, 0) is 18.2 Å². The van der Waals surface area contributed by atoms with E-state index in [1.165, 1.54) is 24.5 Å². The third-order valence-corrected chi connectivity index (χ3v) is 4.85. The van der Waals surface area contributed by atoms with Crippen molar-refractivity contribution in [3.63, 3.8) is 0 Å². The number of hydrogen-bond donors (Lipinski definition) is 3. The normalized spacial score (nSPS) is 11.2. The van der Waals surface area contributed by atoms with E-state index in [9.17, 15) is 18.3 Å². The maximum atomic E-state index is 11.8. The van der Waals surface area contributed by atoms with Gasteiger partial charge in [-0.2, -0.15) is 0 Å². The summed E-state index contributed by atoms with van der Waals surface area (Å²) in [6.45, 7) is 0.161. The monoisotopic (exact) mass is 313 g/mol. The van der Waals surface area contributed by atoms with Crippen molar-refractivity contribution in [2.45, 2.75) is 10.8 Å². The van der Waals surface area contributed by atoms with E-state index in [2.05, 4.69) is 10.3 Å². The highest BCUT2D eigenvalue weighted by molar-refractivity contribution is 7.91. The van der Waals surface area contributed by atoms with Gasteiger partial charge < -0.3 is 10.4 Å². The molecule has 0 aromatic carbocycles. The fourth-order valence-corrected chi connectivity index (χ4v) is 3.15. The van der Waals surface area contributed by atoms with Crippen LogP contribution in [0.25, 0.3) is 0 Å². The first-order chi connectivity index (χ1) is 9.36. The van der Waals surface area contributed by atoms with Gasteiger partial charge in [0.1, 0.15) is 9.96 Å². The van der Waals surface area contributed by atoms with Crippen LogP contribution in [0.2, 0.25) is 0 Å². The Hall–Kier alpha value is -1.97. The molecule has 0 saturated carbocycles. The number of primary sulfonamides is 1. The number of thiophene rings is 1. The van der Waals surface area contributed by atoms with Crippen molar-refractivity contribution in [3.05, 3.63) is 41.0 Å². The second-order valence-corrected chi connectivity index (χ2v) is 6.84. The Bertz CT molecular complexity index is 740. The van der Waals surface area contributed by atoms with E-state index in [-0.39, 0.29) is 22.1 Å². The van der Waals surface area contributed by atoms with Gasteiger partial charge in [0, 0.05) is 11.1 Å².